The maximum absolute atomic E-state index is 10.5. The molecule has 5 nitrogen and oxygen atoms in total. The highest BCUT2D eigenvalue weighted by Crippen LogP contribution is 2.04. The van der Waals surface area contributed by atoms with E-state index >= 15 is 0 Å². The smallest absolute Gasteiger partial charge is 0.320 e. The summed E-state index contributed by atoms with van der Waals surface area (Å²) in [6, 6.07) is -0.819. The Morgan fingerprint density at radius 2 is 2.13 bits per heavy atom. The Bertz CT molecular complexity index is 268. The molecule has 0 aliphatic heterocycles. The zero-order valence-corrected chi connectivity index (χ0v) is 9.23. The Hall–Kier alpha value is -1.36. The van der Waals surface area contributed by atoms with Crippen molar-refractivity contribution >= 4 is 11.8 Å². The fourth-order valence-electron chi connectivity index (χ4n) is 1.07. The highest BCUT2D eigenvalue weighted by atomic mass is 16.4. The number of carboxylic acids is 1. The number of hydrogen-bond acceptors (Lipinski definition) is 3. The molecule has 1 atom stereocenters. The van der Waals surface area contributed by atoms with Crippen LogP contribution in [0.2, 0.25) is 0 Å². The summed E-state index contributed by atoms with van der Waals surface area (Å²) in [7, 11) is 0. The number of carbonyl (C=O) groups is 1. The first-order valence-electron chi connectivity index (χ1n) is 4.84. The summed E-state index contributed by atoms with van der Waals surface area (Å²) in [4.78, 5) is 14.5. The Labute approximate surface area is 89.9 Å². The number of nitrogens with zero attached hydrogens (tertiary/aromatic N) is 1. The van der Waals surface area contributed by atoms with Crippen LogP contribution in [0.5, 0.6) is 0 Å². The lowest BCUT2D eigenvalue weighted by molar-refractivity contribution is -0.138. The van der Waals surface area contributed by atoms with E-state index in [0.29, 0.717) is 18.8 Å². The molecule has 5 heteroatoms. The summed E-state index contributed by atoms with van der Waals surface area (Å²) < 4.78 is 0. The predicted molar refractivity (Wildman–Crippen MR) is 60.8 cm³/mol. The van der Waals surface area contributed by atoms with Gasteiger partial charge in [0.15, 0.2) is 0 Å². The molecule has 0 aliphatic carbocycles. The number of aliphatic carboxylic acids is 1. The summed E-state index contributed by atoms with van der Waals surface area (Å²) in [5, 5.41) is 8.58. The van der Waals surface area contributed by atoms with Gasteiger partial charge < -0.3 is 16.6 Å². The van der Waals surface area contributed by atoms with Crippen molar-refractivity contribution in [2.75, 3.05) is 6.54 Å². The van der Waals surface area contributed by atoms with Crippen molar-refractivity contribution in [1.82, 2.24) is 0 Å². The second kappa shape index (κ2) is 7.00. The Balaban J connectivity index is 3.89. The lowest BCUT2D eigenvalue weighted by Crippen LogP contribution is -2.30. The van der Waals surface area contributed by atoms with Crippen molar-refractivity contribution < 1.29 is 9.90 Å². The van der Waals surface area contributed by atoms with E-state index < -0.39 is 12.0 Å². The van der Waals surface area contributed by atoms with Crippen LogP contribution >= 0.6 is 0 Å². The molecule has 0 saturated carbocycles. The monoisotopic (exact) mass is 213 g/mol. The van der Waals surface area contributed by atoms with E-state index in [4.69, 9.17) is 16.6 Å². The van der Waals surface area contributed by atoms with E-state index in [1.165, 1.54) is 0 Å². The molecule has 0 aromatic rings. The van der Waals surface area contributed by atoms with E-state index in [-0.39, 0.29) is 0 Å². The second-order valence-corrected chi connectivity index (χ2v) is 3.51. The molecule has 0 heterocycles. The second-order valence-electron chi connectivity index (χ2n) is 3.51. The van der Waals surface area contributed by atoms with Gasteiger partial charge in [0.25, 0.3) is 0 Å². The summed E-state index contributed by atoms with van der Waals surface area (Å²) in [6.07, 6.45) is 3.07. The number of carboxylic acid groups (broad SMARTS) is 1. The van der Waals surface area contributed by atoms with Gasteiger partial charge in [-0.25, -0.2) is 0 Å². The van der Waals surface area contributed by atoms with E-state index in [2.05, 4.69) is 4.99 Å². The molecule has 0 amide bonds. The van der Waals surface area contributed by atoms with Crippen LogP contribution in [-0.2, 0) is 4.79 Å². The molecule has 0 unspecified atom stereocenters. The minimum atomic E-state index is -0.974. The maximum Gasteiger partial charge on any atom is 0.320 e. The van der Waals surface area contributed by atoms with Gasteiger partial charge in [-0.15, -0.1) is 0 Å². The number of amidine groups is 1. The van der Waals surface area contributed by atoms with Gasteiger partial charge in [-0.1, -0.05) is 11.6 Å². The van der Waals surface area contributed by atoms with Gasteiger partial charge >= 0.3 is 5.97 Å². The van der Waals surface area contributed by atoms with Crippen LogP contribution in [0.1, 0.15) is 26.7 Å². The predicted octanol–water partition coefficient (Wildman–Crippen LogP) is 0.502. The van der Waals surface area contributed by atoms with Crippen molar-refractivity contribution in [3.8, 4) is 0 Å². The molecule has 0 rings (SSSR count). The van der Waals surface area contributed by atoms with Gasteiger partial charge in [-0.05, 0) is 26.7 Å². The lowest BCUT2D eigenvalue weighted by Gasteiger charge is -2.05. The Morgan fingerprint density at radius 1 is 1.53 bits per heavy atom. The van der Waals surface area contributed by atoms with Crippen molar-refractivity contribution in [1.29, 1.82) is 0 Å². The molecular weight excluding hydrogens is 194 g/mol. The van der Waals surface area contributed by atoms with E-state index in [1.807, 2.05) is 13.0 Å². The third-order valence-corrected chi connectivity index (χ3v) is 1.84. The molecule has 5 N–H and O–H groups in total. The van der Waals surface area contributed by atoms with Crippen molar-refractivity contribution in [2.24, 2.45) is 16.5 Å². The standard InChI is InChI=1S/C10H19N3O2/c1-7(6-9(12)10(14)15)4-3-5-13-8(2)11/h4,9H,3,5-6,12H2,1-2H3,(H2,11,13)(H,14,15)/b7-4-/t9-/m0/s1. The van der Waals surface area contributed by atoms with Crippen molar-refractivity contribution in [3.05, 3.63) is 11.6 Å². The molecule has 0 bridgehead atoms. The molecule has 0 spiro atoms. The van der Waals surface area contributed by atoms with Crippen LogP contribution < -0.4 is 11.5 Å². The average molecular weight is 213 g/mol. The topological polar surface area (TPSA) is 102 Å². The zero-order chi connectivity index (χ0) is 11.8. The summed E-state index contributed by atoms with van der Waals surface area (Å²) in [6.45, 7) is 4.22. The normalized spacial score (nSPS) is 15.1. The number of rotatable bonds is 6. The minimum absolute atomic E-state index is 0.376. The highest BCUT2D eigenvalue weighted by Gasteiger charge is 2.10. The first kappa shape index (κ1) is 13.6. The molecule has 86 valence electrons. The van der Waals surface area contributed by atoms with Crippen LogP contribution in [0.3, 0.4) is 0 Å². The average Bonchev–Trinajstić information content (AvgIpc) is 2.12. The lowest BCUT2D eigenvalue weighted by atomic mass is 10.1. The molecule has 0 saturated heterocycles. The summed E-state index contributed by atoms with van der Waals surface area (Å²) in [5.74, 6) is -0.415. The van der Waals surface area contributed by atoms with Crippen LogP contribution in [-0.4, -0.2) is 29.5 Å². The van der Waals surface area contributed by atoms with Gasteiger partial charge in [-0.2, -0.15) is 0 Å². The van der Waals surface area contributed by atoms with Gasteiger partial charge in [0.1, 0.15) is 6.04 Å². The molecule has 15 heavy (non-hydrogen) atoms. The summed E-state index contributed by atoms with van der Waals surface area (Å²) >= 11 is 0. The number of aliphatic imine (C=N–C) groups is 1. The first-order chi connectivity index (χ1) is 6.93. The molecule has 0 fully saturated rings. The molecule has 0 aromatic carbocycles. The molecule has 0 radical (unpaired) electrons. The van der Waals surface area contributed by atoms with Crippen LogP contribution in [0.15, 0.2) is 16.6 Å². The van der Waals surface area contributed by atoms with Gasteiger partial charge in [-0.3, -0.25) is 9.79 Å². The summed E-state index contributed by atoms with van der Waals surface area (Å²) in [5.41, 5.74) is 11.7. The van der Waals surface area contributed by atoms with Crippen LogP contribution in [0, 0.1) is 0 Å². The first-order valence-corrected chi connectivity index (χ1v) is 4.84. The molecule has 0 aromatic heterocycles. The quantitative estimate of drug-likeness (QED) is 0.259. The van der Waals surface area contributed by atoms with Crippen LogP contribution in [0.4, 0.5) is 0 Å². The third kappa shape index (κ3) is 7.69. The van der Waals surface area contributed by atoms with Crippen LogP contribution in [0.25, 0.3) is 0 Å². The van der Waals surface area contributed by atoms with Gasteiger partial charge in [0.2, 0.25) is 0 Å². The largest absolute Gasteiger partial charge is 0.480 e. The maximum atomic E-state index is 10.5. The fraction of sp³-hybridized carbons (Fsp3) is 0.600. The van der Waals surface area contributed by atoms with E-state index in [1.54, 1.807) is 6.92 Å². The van der Waals surface area contributed by atoms with E-state index in [0.717, 1.165) is 12.0 Å². The number of nitrogens with two attached hydrogens (primary N) is 2. The molecular formula is C10H19N3O2. The zero-order valence-electron chi connectivity index (χ0n) is 9.23. The minimum Gasteiger partial charge on any atom is -0.480 e. The number of hydrogen-bond donors (Lipinski definition) is 3. The molecule has 0 aliphatic rings. The van der Waals surface area contributed by atoms with Gasteiger partial charge in [0, 0.05) is 6.54 Å². The fourth-order valence-corrected chi connectivity index (χ4v) is 1.07. The SMILES string of the molecule is CC(N)=NCC/C=C(/C)C[C@H](N)C(=O)O. The Kier molecular flexibility index (Phi) is 6.37. The van der Waals surface area contributed by atoms with Crippen molar-refractivity contribution in [3.63, 3.8) is 0 Å². The Morgan fingerprint density at radius 3 is 2.60 bits per heavy atom. The van der Waals surface area contributed by atoms with Crippen molar-refractivity contribution in [2.45, 2.75) is 32.7 Å². The van der Waals surface area contributed by atoms with Gasteiger partial charge in [0.05, 0.1) is 5.84 Å². The highest BCUT2D eigenvalue weighted by molar-refractivity contribution is 5.77. The third-order valence-electron chi connectivity index (χ3n) is 1.84. The van der Waals surface area contributed by atoms with E-state index in [9.17, 15) is 4.79 Å².